The first kappa shape index (κ1) is 20.1. The second kappa shape index (κ2) is 7.70. The number of hydrogen-bond donors (Lipinski definition) is 0. The van der Waals surface area contributed by atoms with E-state index < -0.39 is 4.87 Å². The Kier molecular flexibility index (Phi) is 4.99. The maximum Gasteiger partial charge on any atom is 0.268 e. The van der Waals surface area contributed by atoms with Crippen molar-refractivity contribution in [1.29, 1.82) is 0 Å². The Labute approximate surface area is 188 Å². The van der Waals surface area contributed by atoms with Crippen molar-refractivity contribution >= 4 is 40.9 Å². The van der Waals surface area contributed by atoms with Crippen LogP contribution in [-0.4, -0.2) is 29.0 Å². The van der Waals surface area contributed by atoms with Crippen molar-refractivity contribution in [2.45, 2.75) is 11.4 Å². The van der Waals surface area contributed by atoms with Crippen molar-refractivity contribution in [2.24, 2.45) is 0 Å². The first-order chi connectivity index (χ1) is 15.0. The van der Waals surface area contributed by atoms with Gasteiger partial charge in [0.1, 0.15) is 5.82 Å². The van der Waals surface area contributed by atoms with Crippen molar-refractivity contribution in [3.63, 3.8) is 0 Å². The number of para-hydroxylation sites is 1. The molecule has 2 aliphatic rings. The summed E-state index contributed by atoms with van der Waals surface area (Å²) >= 11 is 7.58. The third kappa shape index (κ3) is 3.22. The summed E-state index contributed by atoms with van der Waals surface area (Å²) in [5.41, 5.74) is 2.85. The highest BCUT2D eigenvalue weighted by atomic mass is 35.5. The van der Waals surface area contributed by atoms with E-state index in [0.717, 1.165) is 16.8 Å². The van der Waals surface area contributed by atoms with Gasteiger partial charge in [0.15, 0.2) is 4.87 Å². The molecule has 0 saturated carbocycles. The van der Waals surface area contributed by atoms with Crippen LogP contribution in [0.4, 0.5) is 10.1 Å². The van der Waals surface area contributed by atoms with Crippen molar-refractivity contribution in [3.05, 3.63) is 100 Å². The number of halogens is 2. The molecule has 0 bridgehead atoms. The van der Waals surface area contributed by atoms with Gasteiger partial charge >= 0.3 is 0 Å². The van der Waals surface area contributed by atoms with Crippen LogP contribution in [0.3, 0.4) is 0 Å². The molecule has 0 aliphatic carbocycles. The van der Waals surface area contributed by atoms with Gasteiger partial charge in [0, 0.05) is 28.4 Å². The van der Waals surface area contributed by atoms with Gasteiger partial charge in [0.25, 0.3) is 11.8 Å². The molecule has 1 fully saturated rings. The number of hydrogen-bond acceptors (Lipinski definition) is 3. The van der Waals surface area contributed by atoms with Gasteiger partial charge in [-0.05, 0) is 42.0 Å². The van der Waals surface area contributed by atoms with Crippen LogP contribution in [0, 0.1) is 5.82 Å². The Morgan fingerprint density at radius 2 is 1.84 bits per heavy atom. The predicted molar refractivity (Wildman–Crippen MR) is 121 cm³/mol. The summed E-state index contributed by atoms with van der Waals surface area (Å²) in [7, 11) is 0. The molecule has 0 aromatic heterocycles. The molecule has 31 heavy (non-hydrogen) atoms. The number of anilines is 1. The number of amides is 2. The minimum atomic E-state index is -1.12. The summed E-state index contributed by atoms with van der Waals surface area (Å²) in [6, 6.07) is 20.5. The second-order valence-electron chi connectivity index (χ2n) is 7.49. The van der Waals surface area contributed by atoms with E-state index >= 15 is 0 Å². The zero-order valence-corrected chi connectivity index (χ0v) is 18.0. The fourth-order valence-corrected chi connectivity index (χ4v) is 5.93. The molecule has 2 heterocycles. The van der Waals surface area contributed by atoms with Crippen LogP contribution in [0.25, 0.3) is 0 Å². The highest BCUT2D eigenvalue weighted by Gasteiger charge is 2.59. The van der Waals surface area contributed by atoms with Crippen molar-refractivity contribution in [2.75, 3.05) is 17.2 Å². The first-order valence-corrected chi connectivity index (χ1v) is 11.2. The molecule has 3 aromatic rings. The van der Waals surface area contributed by atoms with Gasteiger partial charge in [-0.2, -0.15) is 0 Å². The highest BCUT2D eigenvalue weighted by Crippen LogP contribution is 2.54. The third-order valence-electron chi connectivity index (χ3n) is 5.67. The number of rotatable bonds is 3. The molecule has 1 saturated heterocycles. The van der Waals surface area contributed by atoms with E-state index in [-0.39, 0.29) is 17.6 Å². The highest BCUT2D eigenvalue weighted by molar-refractivity contribution is 8.01. The Morgan fingerprint density at radius 3 is 2.61 bits per heavy atom. The lowest BCUT2D eigenvalue weighted by atomic mass is 10.0. The number of nitrogens with zero attached hydrogens (tertiary/aromatic N) is 2. The van der Waals surface area contributed by atoms with E-state index in [1.54, 1.807) is 46.2 Å². The maximum absolute atomic E-state index is 13.9. The van der Waals surface area contributed by atoms with Crippen molar-refractivity contribution in [1.82, 2.24) is 4.90 Å². The van der Waals surface area contributed by atoms with Crippen LogP contribution in [0.5, 0.6) is 0 Å². The minimum Gasteiger partial charge on any atom is -0.311 e. The molecular weight excluding hydrogens is 435 g/mol. The lowest BCUT2D eigenvalue weighted by Gasteiger charge is -2.33. The van der Waals surface area contributed by atoms with Gasteiger partial charge in [-0.3, -0.25) is 9.59 Å². The molecule has 2 aliphatic heterocycles. The number of fused-ring (bicyclic) bond motifs is 2. The summed E-state index contributed by atoms with van der Waals surface area (Å²) < 4.78 is 13.3. The maximum atomic E-state index is 13.9. The lowest BCUT2D eigenvalue weighted by Crippen LogP contribution is -2.50. The SMILES string of the molecule is O=C(c1cccc(Cl)c1)N1CCS[C@]12C(=O)N(Cc1ccc(F)cc1)c1ccccc12. The number of carbonyl (C=O) groups excluding carboxylic acids is 2. The number of carbonyl (C=O) groups is 2. The van der Waals surface area contributed by atoms with E-state index in [1.807, 2.05) is 24.3 Å². The smallest absolute Gasteiger partial charge is 0.268 e. The van der Waals surface area contributed by atoms with Gasteiger partial charge in [0.2, 0.25) is 0 Å². The van der Waals surface area contributed by atoms with Crippen LogP contribution in [0.15, 0.2) is 72.8 Å². The molecule has 0 N–H and O–H groups in total. The molecular formula is C24H18ClFN2O2S. The fourth-order valence-electron chi connectivity index (χ4n) is 4.27. The standard InChI is InChI=1S/C24H18ClFN2O2S/c25-18-5-3-4-17(14-18)22(29)28-12-13-31-24(28)20-6-1-2-7-21(20)27(23(24)30)15-16-8-10-19(26)11-9-16/h1-11,14H,12-13,15H2/t24-/m1/s1. The van der Waals surface area contributed by atoms with Crippen molar-refractivity contribution in [3.8, 4) is 0 Å². The summed E-state index contributed by atoms with van der Waals surface area (Å²) in [5.74, 6) is -0.0512. The van der Waals surface area contributed by atoms with Crippen LogP contribution < -0.4 is 4.90 Å². The Hall–Kier alpha value is -2.83. The first-order valence-electron chi connectivity index (χ1n) is 9.88. The summed E-state index contributed by atoms with van der Waals surface area (Å²) in [6.45, 7) is 0.762. The minimum absolute atomic E-state index is 0.157. The van der Waals surface area contributed by atoms with Gasteiger partial charge in [-0.1, -0.05) is 48.0 Å². The van der Waals surface area contributed by atoms with Crippen LogP contribution >= 0.6 is 23.4 Å². The zero-order valence-electron chi connectivity index (χ0n) is 16.4. The second-order valence-corrected chi connectivity index (χ2v) is 9.22. The quantitative estimate of drug-likeness (QED) is 0.557. The number of thioether (sulfide) groups is 1. The van der Waals surface area contributed by atoms with Gasteiger partial charge in [-0.15, -0.1) is 11.8 Å². The lowest BCUT2D eigenvalue weighted by molar-refractivity contribution is -0.123. The van der Waals surface area contributed by atoms with Crippen LogP contribution in [0.2, 0.25) is 5.02 Å². The summed E-state index contributed by atoms with van der Waals surface area (Å²) in [4.78, 5) is 29.6. The molecule has 156 valence electrons. The van der Waals surface area contributed by atoms with E-state index in [2.05, 4.69) is 0 Å². The molecule has 3 aromatic carbocycles. The van der Waals surface area contributed by atoms with Crippen LogP contribution in [0.1, 0.15) is 21.5 Å². The molecule has 5 rings (SSSR count). The topological polar surface area (TPSA) is 40.6 Å². The van der Waals surface area contributed by atoms with Crippen LogP contribution in [-0.2, 0) is 16.2 Å². The molecule has 0 unspecified atom stereocenters. The summed E-state index contributed by atoms with van der Waals surface area (Å²) in [6.07, 6.45) is 0. The summed E-state index contributed by atoms with van der Waals surface area (Å²) in [5, 5.41) is 0.475. The Balaban J connectivity index is 1.57. The van der Waals surface area contributed by atoms with E-state index in [4.69, 9.17) is 11.6 Å². The molecule has 7 heteroatoms. The van der Waals surface area contributed by atoms with E-state index in [0.29, 0.717) is 29.4 Å². The van der Waals surface area contributed by atoms with Gasteiger partial charge < -0.3 is 9.80 Å². The molecule has 2 amide bonds. The average Bonchev–Trinajstić information content (AvgIpc) is 3.32. The molecule has 1 spiro atoms. The monoisotopic (exact) mass is 452 g/mol. The molecule has 1 atom stereocenters. The number of benzene rings is 3. The van der Waals surface area contributed by atoms with E-state index in [1.165, 1.54) is 23.9 Å². The molecule has 0 radical (unpaired) electrons. The predicted octanol–water partition coefficient (Wildman–Crippen LogP) is 5.07. The fraction of sp³-hybridized carbons (Fsp3) is 0.167. The third-order valence-corrected chi connectivity index (χ3v) is 7.33. The Bertz CT molecular complexity index is 1190. The van der Waals surface area contributed by atoms with E-state index in [9.17, 15) is 14.0 Å². The Morgan fingerprint density at radius 1 is 1.06 bits per heavy atom. The normalized spacial score (nSPS) is 19.9. The largest absolute Gasteiger partial charge is 0.311 e. The van der Waals surface area contributed by atoms with Gasteiger partial charge in [0.05, 0.1) is 12.2 Å². The average molecular weight is 453 g/mol. The molecule has 4 nitrogen and oxygen atoms in total. The van der Waals surface area contributed by atoms with Crippen molar-refractivity contribution < 1.29 is 14.0 Å². The van der Waals surface area contributed by atoms with Gasteiger partial charge in [-0.25, -0.2) is 4.39 Å². The zero-order chi connectivity index (χ0) is 21.6.